The van der Waals surface area contributed by atoms with Crippen molar-refractivity contribution >= 4 is 17.4 Å². The van der Waals surface area contributed by atoms with Crippen LogP contribution in [0.25, 0.3) is 0 Å². The maximum atomic E-state index is 11.8. The summed E-state index contributed by atoms with van der Waals surface area (Å²) in [5.74, 6) is -0.0307. The molecule has 1 heterocycles. The number of carbonyl (C=O) groups is 1. The zero-order valence-corrected chi connectivity index (χ0v) is 9.30. The Morgan fingerprint density at radius 2 is 2.43 bits per heavy atom. The van der Waals surface area contributed by atoms with Crippen LogP contribution in [0, 0.1) is 0 Å². The summed E-state index contributed by atoms with van der Waals surface area (Å²) >= 11 is 5.89. The Kier molecular flexibility index (Phi) is 3.66. The number of aryl methyl sites for hydroxylation is 1. The number of aromatic nitrogens is 2. The van der Waals surface area contributed by atoms with Gasteiger partial charge in [-0.3, -0.25) is 9.48 Å². The molecule has 0 fully saturated rings. The maximum Gasteiger partial charge on any atom is 0.198 e. The minimum Gasteiger partial charge on any atom is -0.310 e. The number of hydrogen-bond acceptors (Lipinski definition) is 3. The Morgan fingerprint density at radius 1 is 1.79 bits per heavy atom. The maximum absolute atomic E-state index is 11.8. The first-order valence-electron chi connectivity index (χ1n) is 4.54. The van der Waals surface area contributed by atoms with Crippen LogP contribution in [0.1, 0.15) is 24.3 Å². The van der Waals surface area contributed by atoms with Crippen molar-refractivity contribution in [3.63, 3.8) is 0 Å². The van der Waals surface area contributed by atoms with E-state index in [4.69, 9.17) is 11.6 Å². The van der Waals surface area contributed by atoms with Crippen LogP contribution in [-0.2, 0) is 6.54 Å². The number of nitrogens with zero attached hydrogens (tertiary/aromatic N) is 2. The average Bonchev–Trinajstić information content (AvgIpc) is 2.57. The van der Waals surface area contributed by atoms with Gasteiger partial charge in [-0.15, -0.1) is 0 Å². The summed E-state index contributed by atoms with van der Waals surface area (Å²) in [5, 5.41) is 7.31. The number of rotatable bonds is 4. The molecule has 1 N–H and O–H groups in total. The zero-order valence-electron chi connectivity index (χ0n) is 8.54. The van der Waals surface area contributed by atoms with Gasteiger partial charge in [0.1, 0.15) is 5.69 Å². The van der Waals surface area contributed by atoms with E-state index in [2.05, 4.69) is 10.4 Å². The van der Waals surface area contributed by atoms with E-state index in [0.29, 0.717) is 17.3 Å². The molecule has 1 unspecified atom stereocenters. The van der Waals surface area contributed by atoms with Crippen molar-refractivity contribution in [1.82, 2.24) is 15.1 Å². The Hall–Kier alpha value is -0.870. The molecule has 0 saturated carbocycles. The monoisotopic (exact) mass is 215 g/mol. The highest BCUT2D eigenvalue weighted by Gasteiger charge is 2.20. The molecule has 4 nitrogen and oxygen atoms in total. The van der Waals surface area contributed by atoms with Gasteiger partial charge in [-0.25, -0.2) is 0 Å². The molecule has 78 valence electrons. The molecule has 5 heteroatoms. The number of ketones is 1. The van der Waals surface area contributed by atoms with Gasteiger partial charge >= 0.3 is 0 Å². The number of likely N-dealkylation sites (N-methyl/N-ethyl adjacent to an activating group) is 1. The third-order valence-corrected chi connectivity index (χ3v) is 2.43. The second kappa shape index (κ2) is 4.57. The number of Topliss-reactive ketones (excluding diaryl/α,β-unsaturated/α-hetero) is 1. The van der Waals surface area contributed by atoms with Crippen molar-refractivity contribution in [2.45, 2.75) is 26.4 Å². The molecule has 0 spiro atoms. The van der Waals surface area contributed by atoms with E-state index >= 15 is 0 Å². The molecule has 0 aliphatic rings. The van der Waals surface area contributed by atoms with Crippen LogP contribution in [0.3, 0.4) is 0 Å². The molecule has 0 aliphatic heterocycles. The summed E-state index contributed by atoms with van der Waals surface area (Å²) in [7, 11) is 1.74. The first-order valence-corrected chi connectivity index (χ1v) is 4.92. The lowest BCUT2D eigenvalue weighted by Gasteiger charge is -2.10. The van der Waals surface area contributed by atoms with Crippen LogP contribution in [0.4, 0.5) is 0 Å². The van der Waals surface area contributed by atoms with E-state index < -0.39 is 0 Å². The van der Waals surface area contributed by atoms with E-state index in [9.17, 15) is 4.79 Å². The molecule has 1 aromatic rings. The molecular weight excluding hydrogens is 202 g/mol. The molecule has 0 aliphatic carbocycles. The number of hydrogen-bond donors (Lipinski definition) is 1. The van der Waals surface area contributed by atoms with Gasteiger partial charge in [-0.05, 0) is 20.9 Å². The third kappa shape index (κ3) is 1.96. The predicted octanol–water partition coefficient (Wildman–Crippen LogP) is 1.35. The Bertz CT molecular complexity index is 335. The molecule has 14 heavy (non-hydrogen) atoms. The minimum atomic E-state index is -0.241. The van der Waals surface area contributed by atoms with Crippen molar-refractivity contribution in [3.05, 3.63) is 16.9 Å². The molecule has 1 rings (SSSR count). The molecular formula is C9H14ClN3O. The van der Waals surface area contributed by atoms with Crippen LogP contribution in [0.2, 0.25) is 5.02 Å². The molecule has 0 amide bonds. The molecule has 0 radical (unpaired) electrons. The minimum absolute atomic E-state index is 0.0307. The van der Waals surface area contributed by atoms with E-state index in [1.54, 1.807) is 18.7 Å². The van der Waals surface area contributed by atoms with Crippen molar-refractivity contribution < 1.29 is 4.79 Å². The van der Waals surface area contributed by atoms with Crippen molar-refractivity contribution in [1.29, 1.82) is 0 Å². The van der Waals surface area contributed by atoms with Gasteiger partial charge in [0.25, 0.3) is 0 Å². The number of halogens is 1. The average molecular weight is 216 g/mol. The van der Waals surface area contributed by atoms with E-state index in [1.807, 2.05) is 6.92 Å². The standard InChI is InChI=1S/C9H14ClN3O/c1-4-13-8(7(10)5-12-13)9(14)6(2)11-3/h5-6,11H,4H2,1-3H3. The van der Waals surface area contributed by atoms with Gasteiger partial charge in [0.15, 0.2) is 5.78 Å². The smallest absolute Gasteiger partial charge is 0.198 e. The first-order chi connectivity index (χ1) is 6.61. The van der Waals surface area contributed by atoms with Crippen LogP contribution < -0.4 is 5.32 Å². The lowest BCUT2D eigenvalue weighted by molar-refractivity contribution is 0.0944. The second-order valence-electron chi connectivity index (χ2n) is 3.03. The van der Waals surface area contributed by atoms with Gasteiger partial charge in [-0.1, -0.05) is 11.6 Å². The molecule has 0 aromatic carbocycles. The van der Waals surface area contributed by atoms with Gasteiger partial charge in [-0.2, -0.15) is 5.10 Å². The largest absolute Gasteiger partial charge is 0.310 e. The van der Waals surface area contributed by atoms with Crippen LogP contribution >= 0.6 is 11.6 Å². The number of carbonyl (C=O) groups excluding carboxylic acids is 1. The number of nitrogens with one attached hydrogen (secondary N) is 1. The molecule has 1 aromatic heterocycles. The van der Waals surface area contributed by atoms with Gasteiger partial charge in [0, 0.05) is 6.54 Å². The summed E-state index contributed by atoms with van der Waals surface area (Å²) < 4.78 is 1.61. The van der Waals surface area contributed by atoms with Crippen LogP contribution in [-0.4, -0.2) is 28.7 Å². The lowest BCUT2D eigenvalue weighted by Crippen LogP contribution is -2.32. The van der Waals surface area contributed by atoms with Crippen molar-refractivity contribution in [3.8, 4) is 0 Å². The third-order valence-electron chi connectivity index (χ3n) is 2.15. The molecule has 0 saturated heterocycles. The van der Waals surface area contributed by atoms with E-state index in [0.717, 1.165) is 0 Å². The Morgan fingerprint density at radius 3 is 2.93 bits per heavy atom. The zero-order chi connectivity index (χ0) is 10.7. The SMILES string of the molecule is CCn1ncc(Cl)c1C(=O)C(C)NC. The van der Waals surface area contributed by atoms with Gasteiger partial charge in [0.05, 0.1) is 17.3 Å². The summed E-state index contributed by atoms with van der Waals surface area (Å²) in [4.78, 5) is 11.8. The van der Waals surface area contributed by atoms with Crippen LogP contribution in [0.15, 0.2) is 6.20 Å². The summed E-state index contributed by atoms with van der Waals surface area (Å²) in [6, 6.07) is -0.241. The van der Waals surface area contributed by atoms with Crippen LogP contribution in [0.5, 0.6) is 0 Å². The summed E-state index contributed by atoms with van der Waals surface area (Å²) in [5.41, 5.74) is 0.482. The van der Waals surface area contributed by atoms with Gasteiger partial charge in [0.2, 0.25) is 0 Å². The quantitative estimate of drug-likeness (QED) is 0.772. The highest BCUT2D eigenvalue weighted by atomic mass is 35.5. The Labute approximate surface area is 88.2 Å². The summed E-state index contributed by atoms with van der Waals surface area (Å²) in [6.07, 6.45) is 1.50. The normalized spacial score (nSPS) is 12.9. The fourth-order valence-electron chi connectivity index (χ4n) is 1.18. The second-order valence-corrected chi connectivity index (χ2v) is 3.44. The Balaban J connectivity index is 3.04. The summed E-state index contributed by atoms with van der Waals surface area (Å²) in [6.45, 7) is 4.36. The van der Waals surface area contributed by atoms with E-state index in [-0.39, 0.29) is 11.8 Å². The fraction of sp³-hybridized carbons (Fsp3) is 0.556. The highest BCUT2D eigenvalue weighted by molar-refractivity contribution is 6.33. The topological polar surface area (TPSA) is 46.9 Å². The van der Waals surface area contributed by atoms with E-state index in [1.165, 1.54) is 6.20 Å². The fourth-order valence-corrected chi connectivity index (χ4v) is 1.42. The predicted molar refractivity (Wildman–Crippen MR) is 55.8 cm³/mol. The van der Waals surface area contributed by atoms with Crippen molar-refractivity contribution in [2.75, 3.05) is 7.05 Å². The molecule has 0 bridgehead atoms. The van der Waals surface area contributed by atoms with Crippen molar-refractivity contribution in [2.24, 2.45) is 0 Å². The molecule has 1 atom stereocenters. The first kappa shape index (κ1) is 11.2. The highest BCUT2D eigenvalue weighted by Crippen LogP contribution is 2.16. The lowest BCUT2D eigenvalue weighted by atomic mass is 10.1. The van der Waals surface area contributed by atoms with Gasteiger partial charge < -0.3 is 5.32 Å².